The maximum atomic E-state index is 9.10. The molecular weight excluding hydrogens is 368 g/mol. The van der Waals surface area contributed by atoms with Gasteiger partial charge in [-0.2, -0.15) is 0 Å². The molecule has 1 aromatic rings. The lowest BCUT2D eigenvalue weighted by molar-refractivity contribution is -0.159. The predicted molar refractivity (Wildman–Crippen MR) is 109 cm³/mol. The van der Waals surface area contributed by atoms with Gasteiger partial charge in [-0.15, -0.1) is 0 Å². The molecule has 0 spiro atoms. The highest BCUT2D eigenvalue weighted by Gasteiger charge is 2.50. The zero-order valence-corrected chi connectivity index (χ0v) is 16.9. The minimum absolute atomic E-state index is 0.946. The van der Waals surface area contributed by atoms with Gasteiger partial charge in [0.1, 0.15) is 0 Å². The first-order valence-electron chi connectivity index (χ1n) is 11.0. The largest absolute Gasteiger partial charge is 0.473 e. The molecule has 6 heteroatoms. The van der Waals surface area contributed by atoms with Gasteiger partial charge in [-0.1, -0.05) is 30.3 Å². The van der Waals surface area contributed by atoms with Crippen LogP contribution in [0, 0.1) is 23.7 Å². The second kappa shape index (κ2) is 8.84. The first-order chi connectivity index (χ1) is 14.0. The van der Waals surface area contributed by atoms with E-state index in [1.54, 1.807) is 32.1 Å². The van der Waals surface area contributed by atoms with Gasteiger partial charge in [0.25, 0.3) is 0 Å². The molecule has 1 aromatic carbocycles. The molecule has 0 radical (unpaired) electrons. The maximum absolute atomic E-state index is 9.10. The fraction of sp³-hybridized carbons (Fsp3) is 0.652. The zero-order chi connectivity index (χ0) is 20.4. The standard InChI is InChI=1S/C21H30N2.C2H2O4/c1-2-4-16(5-3-1)15-22-6-8-23(9-7-22)21-19-11-17-10-18(13-19)14-20(21)12-17;3-1(4)2(5)6/h1-5,17-21H,6-15H2;(H,3,4)(H,5,6). The fourth-order valence-corrected chi connectivity index (χ4v) is 6.55. The van der Waals surface area contributed by atoms with E-state index in [0.717, 1.165) is 36.3 Å². The highest BCUT2D eigenvalue weighted by molar-refractivity contribution is 6.27. The number of piperazine rings is 1. The summed E-state index contributed by atoms with van der Waals surface area (Å²) in [5.41, 5.74) is 1.47. The Hall–Kier alpha value is -1.92. The van der Waals surface area contributed by atoms with E-state index in [0.29, 0.717) is 0 Å². The van der Waals surface area contributed by atoms with Crippen LogP contribution >= 0.6 is 0 Å². The summed E-state index contributed by atoms with van der Waals surface area (Å²) in [7, 11) is 0. The summed E-state index contributed by atoms with van der Waals surface area (Å²) in [5, 5.41) is 14.8. The Bertz CT molecular complexity index is 675. The lowest BCUT2D eigenvalue weighted by atomic mass is 9.54. The Morgan fingerprint density at radius 1 is 0.793 bits per heavy atom. The van der Waals surface area contributed by atoms with Gasteiger partial charge < -0.3 is 10.2 Å². The molecule has 4 aliphatic carbocycles. The second-order valence-corrected chi connectivity index (χ2v) is 9.33. The number of rotatable bonds is 3. The summed E-state index contributed by atoms with van der Waals surface area (Å²) in [6, 6.07) is 11.9. The summed E-state index contributed by atoms with van der Waals surface area (Å²) >= 11 is 0. The van der Waals surface area contributed by atoms with E-state index in [9.17, 15) is 0 Å². The van der Waals surface area contributed by atoms with Crippen LogP contribution in [-0.4, -0.2) is 64.2 Å². The monoisotopic (exact) mass is 400 g/mol. The summed E-state index contributed by atoms with van der Waals surface area (Å²) in [5.74, 6) is 0.657. The third-order valence-corrected chi connectivity index (χ3v) is 7.44. The van der Waals surface area contributed by atoms with Crippen molar-refractivity contribution in [2.75, 3.05) is 26.2 Å². The molecule has 6 nitrogen and oxygen atoms in total. The minimum atomic E-state index is -1.82. The van der Waals surface area contributed by atoms with Crippen molar-refractivity contribution in [2.24, 2.45) is 23.7 Å². The van der Waals surface area contributed by atoms with Gasteiger partial charge in [0.05, 0.1) is 0 Å². The van der Waals surface area contributed by atoms with Gasteiger partial charge >= 0.3 is 11.9 Å². The summed E-state index contributed by atoms with van der Waals surface area (Å²) in [6.45, 7) is 6.27. The van der Waals surface area contributed by atoms with Crippen molar-refractivity contribution in [3.05, 3.63) is 35.9 Å². The number of aliphatic carboxylic acids is 2. The number of hydrogen-bond donors (Lipinski definition) is 2. The SMILES string of the molecule is O=C(O)C(=O)O.c1ccc(CN2CCN(C3C4CC5CC(C4)CC3C5)CC2)cc1. The summed E-state index contributed by atoms with van der Waals surface area (Å²) in [4.78, 5) is 23.8. The second-order valence-electron chi connectivity index (χ2n) is 9.33. The molecular formula is C23H32N2O4. The smallest absolute Gasteiger partial charge is 0.414 e. The van der Waals surface area contributed by atoms with Crippen LogP contribution < -0.4 is 0 Å². The average Bonchev–Trinajstić information content (AvgIpc) is 2.70. The molecule has 4 saturated carbocycles. The van der Waals surface area contributed by atoms with Crippen molar-refractivity contribution < 1.29 is 19.8 Å². The van der Waals surface area contributed by atoms with Crippen LogP contribution in [0.5, 0.6) is 0 Å². The number of hydrogen-bond acceptors (Lipinski definition) is 4. The van der Waals surface area contributed by atoms with Crippen LogP contribution in [0.15, 0.2) is 30.3 Å². The van der Waals surface area contributed by atoms with E-state index >= 15 is 0 Å². The first kappa shape index (κ1) is 20.4. The van der Waals surface area contributed by atoms with Crippen LogP contribution in [0.2, 0.25) is 0 Å². The lowest BCUT2D eigenvalue weighted by Crippen LogP contribution is -2.60. The van der Waals surface area contributed by atoms with E-state index in [-0.39, 0.29) is 0 Å². The number of carbonyl (C=O) groups is 2. The fourth-order valence-electron chi connectivity index (χ4n) is 6.55. The van der Waals surface area contributed by atoms with Crippen molar-refractivity contribution >= 4 is 11.9 Å². The number of carboxylic acids is 2. The zero-order valence-electron chi connectivity index (χ0n) is 16.9. The highest BCUT2D eigenvalue weighted by atomic mass is 16.4. The molecule has 0 aromatic heterocycles. The van der Waals surface area contributed by atoms with Crippen LogP contribution in [-0.2, 0) is 16.1 Å². The van der Waals surface area contributed by atoms with Crippen molar-refractivity contribution in [2.45, 2.75) is 44.7 Å². The normalized spacial score (nSPS) is 33.7. The molecule has 4 bridgehead atoms. The van der Waals surface area contributed by atoms with Gasteiger partial charge in [0.2, 0.25) is 0 Å². The Balaban J connectivity index is 0.000000302. The molecule has 29 heavy (non-hydrogen) atoms. The lowest BCUT2D eigenvalue weighted by Gasteiger charge is -2.58. The van der Waals surface area contributed by atoms with Crippen molar-refractivity contribution in [1.29, 1.82) is 0 Å². The van der Waals surface area contributed by atoms with E-state index < -0.39 is 11.9 Å². The molecule has 6 rings (SSSR count). The van der Waals surface area contributed by atoms with Crippen molar-refractivity contribution in [3.8, 4) is 0 Å². The van der Waals surface area contributed by atoms with Crippen LogP contribution in [0.25, 0.3) is 0 Å². The van der Waals surface area contributed by atoms with E-state index in [4.69, 9.17) is 19.8 Å². The Labute approximate surface area is 172 Å². The molecule has 5 fully saturated rings. The average molecular weight is 401 g/mol. The molecule has 0 unspecified atom stereocenters. The van der Waals surface area contributed by atoms with Crippen LogP contribution in [0.1, 0.15) is 37.7 Å². The predicted octanol–water partition coefficient (Wildman–Crippen LogP) is 2.78. The quantitative estimate of drug-likeness (QED) is 0.760. The topological polar surface area (TPSA) is 81.1 Å². The van der Waals surface area contributed by atoms with Gasteiger partial charge in [0.15, 0.2) is 0 Å². The summed E-state index contributed by atoms with van der Waals surface area (Å²) < 4.78 is 0. The van der Waals surface area contributed by atoms with Crippen molar-refractivity contribution in [3.63, 3.8) is 0 Å². The number of carboxylic acid groups (broad SMARTS) is 2. The molecule has 0 amide bonds. The molecule has 158 valence electrons. The summed E-state index contributed by atoms with van der Waals surface area (Å²) in [6.07, 6.45) is 7.80. The third-order valence-electron chi connectivity index (χ3n) is 7.44. The van der Waals surface area contributed by atoms with Gasteiger partial charge in [-0.3, -0.25) is 9.80 Å². The molecule has 1 aliphatic heterocycles. The van der Waals surface area contributed by atoms with Crippen molar-refractivity contribution in [1.82, 2.24) is 9.80 Å². The first-order valence-corrected chi connectivity index (χ1v) is 11.0. The van der Waals surface area contributed by atoms with Gasteiger partial charge in [-0.25, -0.2) is 9.59 Å². The highest BCUT2D eigenvalue weighted by Crippen LogP contribution is 2.55. The van der Waals surface area contributed by atoms with Crippen LogP contribution in [0.3, 0.4) is 0 Å². The maximum Gasteiger partial charge on any atom is 0.414 e. The van der Waals surface area contributed by atoms with Gasteiger partial charge in [-0.05, 0) is 61.3 Å². The van der Waals surface area contributed by atoms with Gasteiger partial charge in [0, 0.05) is 38.8 Å². The van der Waals surface area contributed by atoms with E-state index in [2.05, 4.69) is 40.1 Å². The van der Waals surface area contributed by atoms with E-state index in [1.807, 2.05) is 0 Å². The molecule has 1 heterocycles. The number of nitrogens with zero attached hydrogens (tertiary/aromatic N) is 2. The molecule has 5 aliphatic rings. The molecule has 2 N–H and O–H groups in total. The molecule has 0 atom stereocenters. The Kier molecular flexibility index (Phi) is 6.20. The number of benzene rings is 1. The Morgan fingerprint density at radius 3 is 1.79 bits per heavy atom. The minimum Gasteiger partial charge on any atom is -0.473 e. The van der Waals surface area contributed by atoms with E-state index in [1.165, 1.54) is 31.7 Å². The third kappa shape index (κ3) is 4.81. The molecule has 1 saturated heterocycles. The Morgan fingerprint density at radius 2 is 1.31 bits per heavy atom. The van der Waals surface area contributed by atoms with Crippen LogP contribution in [0.4, 0.5) is 0 Å².